The van der Waals surface area contributed by atoms with Gasteiger partial charge in [-0.3, -0.25) is 4.79 Å². The highest BCUT2D eigenvalue weighted by atomic mass is 16.5. The number of alkyl carbamates (subject to hydrolysis) is 1. The normalized spacial score (nSPS) is 23.8. The predicted octanol–water partition coefficient (Wildman–Crippen LogP) is 3.37. The van der Waals surface area contributed by atoms with Gasteiger partial charge in [-0.05, 0) is 42.7 Å². The van der Waals surface area contributed by atoms with E-state index in [2.05, 4.69) is 44.7 Å². The maximum Gasteiger partial charge on any atom is 0.407 e. The van der Waals surface area contributed by atoms with E-state index in [1.165, 1.54) is 11.3 Å². The Hall–Kier alpha value is -2.32. The summed E-state index contributed by atoms with van der Waals surface area (Å²) in [5, 5.41) is 6.33. The Morgan fingerprint density at radius 2 is 1.97 bits per heavy atom. The van der Waals surface area contributed by atoms with Crippen LogP contribution in [0.2, 0.25) is 0 Å². The summed E-state index contributed by atoms with van der Waals surface area (Å²) in [7, 11) is 1.74. The molecule has 1 aromatic carbocycles. The molecule has 1 saturated heterocycles. The van der Waals surface area contributed by atoms with Gasteiger partial charge in [0.15, 0.2) is 0 Å². The fourth-order valence-electron chi connectivity index (χ4n) is 5.36. The van der Waals surface area contributed by atoms with E-state index in [1.807, 2.05) is 20.8 Å². The van der Waals surface area contributed by atoms with Crippen LogP contribution >= 0.6 is 0 Å². The second kappa shape index (κ2) is 11.8. The highest BCUT2D eigenvalue weighted by molar-refractivity contribution is 5.80. The van der Waals surface area contributed by atoms with Crippen molar-refractivity contribution in [2.75, 3.05) is 57.9 Å². The van der Waals surface area contributed by atoms with Crippen molar-refractivity contribution in [2.45, 2.75) is 64.5 Å². The van der Waals surface area contributed by atoms with Crippen LogP contribution in [-0.2, 0) is 14.3 Å². The molecule has 8 nitrogen and oxygen atoms in total. The highest BCUT2D eigenvalue weighted by Crippen LogP contribution is 2.39. The van der Waals surface area contributed by atoms with Gasteiger partial charge in [-0.25, -0.2) is 4.79 Å². The van der Waals surface area contributed by atoms with Gasteiger partial charge in [0.1, 0.15) is 0 Å². The van der Waals surface area contributed by atoms with Gasteiger partial charge in [0.05, 0.1) is 12.5 Å². The smallest absolute Gasteiger partial charge is 0.407 e. The summed E-state index contributed by atoms with van der Waals surface area (Å²) in [6.07, 6.45) is 3.39. The van der Waals surface area contributed by atoms with E-state index in [-0.39, 0.29) is 23.3 Å². The van der Waals surface area contributed by atoms with Crippen LogP contribution in [0.15, 0.2) is 24.3 Å². The molecule has 0 radical (unpaired) electrons. The minimum Gasteiger partial charge on any atom is -0.449 e. The van der Waals surface area contributed by atoms with E-state index in [1.54, 1.807) is 7.11 Å². The zero-order valence-corrected chi connectivity index (χ0v) is 22.4. The van der Waals surface area contributed by atoms with Crippen molar-refractivity contribution < 1.29 is 19.1 Å². The number of piperidine rings is 1. The number of hydrogen-bond donors (Lipinski definition) is 2. The van der Waals surface area contributed by atoms with Gasteiger partial charge in [0, 0.05) is 70.1 Å². The van der Waals surface area contributed by atoms with Crippen LogP contribution in [0.1, 0.15) is 57.9 Å². The number of hydrogen-bond acceptors (Lipinski definition) is 6. The van der Waals surface area contributed by atoms with Crippen LogP contribution in [0.25, 0.3) is 0 Å². The molecule has 0 aromatic heterocycles. The van der Waals surface area contributed by atoms with Crippen LogP contribution in [0.4, 0.5) is 10.5 Å². The first kappa shape index (κ1) is 26.7. The molecule has 2 fully saturated rings. The van der Waals surface area contributed by atoms with Gasteiger partial charge >= 0.3 is 6.09 Å². The van der Waals surface area contributed by atoms with Crippen LogP contribution in [0.5, 0.6) is 0 Å². The number of rotatable bonds is 10. The topological polar surface area (TPSA) is 83.1 Å². The lowest BCUT2D eigenvalue weighted by Crippen LogP contribution is -2.53. The van der Waals surface area contributed by atoms with Gasteiger partial charge in [0.2, 0.25) is 5.91 Å². The molecule has 2 N–H and O–H groups in total. The minimum atomic E-state index is -0.403. The molecule has 2 heterocycles. The van der Waals surface area contributed by atoms with Crippen molar-refractivity contribution in [1.29, 1.82) is 0 Å². The standard InChI is InChI=1S/C28H44N4O4/c1-28(2,3)19-36-27(34)30-22-14-20(15-29-16-22)26(33)32(23-10-11-23)18-21-17-31(12-7-13-35-4)25-9-6-5-8-24(21)25/h5-6,8-9,20-23,29H,7,10-19H2,1-4H3,(H,30,34)/t20-,21?,22+/m0/s1. The lowest BCUT2D eigenvalue weighted by atomic mass is 9.93. The highest BCUT2D eigenvalue weighted by Gasteiger charge is 2.40. The Kier molecular flexibility index (Phi) is 8.78. The summed E-state index contributed by atoms with van der Waals surface area (Å²) in [6.45, 7) is 11.2. The molecule has 0 bridgehead atoms. The predicted molar refractivity (Wildman–Crippen MR) is 141 cm³/mol. The number of nitrogens with one attached hydrogen (secondary N) is 2. The summed E-state index contributed by atoms with van der Waals surface area (Å²) >= 11 is 0. The molecule has 2 aliphatic heterocycles. The van der Waals surface area contributed by atoms with Crippen molar-refractivity contribution in [3.05, 3.63) is 29.8 Å². The van der Waals surface area contributed by atoms with Crippen molar-refractivity contribution in [3.8, 4) is 0 Å². The summed E-state index contributed by atoms with van der Waals surface area (Å²) in [5.74, 6) is 0.391. The number of fused-ring (bicyclic) bond motifs is 1. The van der Waals surface area contributed by atoms with Crippen LogP contribution in [0.3, 0.4) is 0 Å². The molecule has 3 aliphatic rings. The molecule has 3 atom stereocenters. The molecule has 0 spiro atoms. The summed E-state index contributed by atoms with van der Waals surface area (Å²) in [5.41, 5.74) is 2.55. The zero-order valence-electron chi connectivity index (χ0n) is 22.4. The molecule has 8 heteroatoms. The molecule has 36 heavy (non-hydrogen) atoms. The van der Waals surface area contributed by atoms with E-state index in [4.69, 9.17) is 9.47 Å². The molecule has 4 rings (SSSR count). The van der Waals surface area contributed by atoms with E-state index >= 15 is 0 Å². The molecular formula is C28H44N4O4. The van der Waals surface area contributed by atoms with Crippen LogP contribution in [0, 0.1) is 11.3 Å². The fourth-order valence-corrected chi connectivity index (χ4v) is 5.36. The Balaban J connectivity index is 1.36. The number of anilines is 1. The average Bonchev–Trinajstić information content (AvgIpc) is 3.63. The van der Waals surface area contributed by atoms with Gasteiger partial charge in [-0.15, -0.1) is 0 Å². The van der Waals surface area contributed by atoms with Crippen molar-refractivity contribution >= 4 is 17.7 Å². The minimum absolute atomic E-state index is 0.0797. The molecular weight excluding hydrogens is 456 g/mol. The lowest BCUT2D eigenvalue weighted by Gasteiger charge is -2.35. The number of amides is 2. The third-order valence-corrected chi connectivity index (χ3v) is 7.28. The number of carbonyl (C=O) groups excluding carboxylic acids is 2. The van der Waals surface area contributed by atoms with E-state index < -0.39 is 6.09 Å². The first-order chi connectivity index (χ1) is 17.2. The average molecular weight is 501 g/mol. The Morgan fingerprint density at radius 3 is 2.69 bits per heavy atom. The quantitative estimate of drug-likeness (QED) is 0.480. The van der Waals surface area contributed by atoms with Crippen molar-refractivity contribution in [1.82, 2.24) is 15.5 Å². The third-order valence-electron chi connectivity index (χ3n) is 7.28. The second-order valence-corrected chi connectivity index (χ2v) is 11.8. The lowest BCUT2D eigenvalue weighted by molar-refractivity contribution is -0.137. The first-order valence-corrected chi connectivity index (χ1v) is 13.5. The second-order valence-electron chi connectivity index (χ2n) is 11.8. The summed E-state index contributed by atoms with van der Waals surface area (Å²) in [6, 6.07) is 8.86. The molecule has 200 valence electrons. The number of carbonyl (C=O) groups is 2. The Bertz CT molecular complexity index is 898. The largest absolute Gasteiger partial charge is 0.449 e. The van der Waals surface area contributed by atoms with E-state index in [0.29, 0.717) is 38.1 Å². The van der Waals surface area contributed by atoms with Crippen LogP contribution < -0.4 is 15.5 Å². The molecule has 1 unspecified atom stereocenters. The SMILES string of the molecule is COCCCN1CC(CN(C(=O)[C@@H]2CNC[C@H](NC(=O)OCC(C)(C)C)C2)C2CC2)c2ccccc21. The summed E-state index contributed by atoms with van der Waals surface area (Å²) < 4.78 is 10.6. The Labute approximate surface area is 216 Å². The van der Waals surface area contributed by atoms with Crippen molar-refractivity contribution in [3.63, 3.8) is 0 Å². The number of methoxy groups -OCH3 is 1. The number of benzene rings is 1. The monoisotopic (exact) mass is 500 g/mol. The molecule has 1 saturated carbocycles. The van der Waals surface area contributed by atoms with Gasteiger partial charge in [-0.2, -0.15) is 0 Å². The number of ether oxygens (including phenoxy) is 2. The Morgan fingerprint density at radius 1 is 1.19 bits per heavy atom. The third kappa shape index (κ3) is 7.13. The van der Waals surface area contributed by atoms with Gasteiger partial charge in [0.25, 0.3) is 0 Å². The van der Waals surface area contributed by atoms with E-state index in [0.717, 1.165) is 45.5 Å². The van der Waals surface area contributed by atoms with Gasteiger partial charge in [-0.1, -0.05) is 39.0 Å². The van der Waals surface area contributed by atoms with Gasteiger partial charge < -0.3 is 29.9 Å². The maximum atomic E-state index is 13.8. The maximum absolute atomic E-state index is 13.8. The van der Waals surface area contributed by atoms with Crippen LogP contribution in [-0.4, -0.2) is 82.0 Å². The number of para-hydroxylation sites is 1. The molecule has 1 aliphatic carbocycles. The van der Waals surface area contributed by atoms with E-state index in [9.17, 15) is 9.59 Å². The summed E-state index contributed by atoms with van der Waals surface area (Å²) in [4.78, 5) is 30.7. The van der Waals surface area contributed by atoms with Crippen molar-refractivity contribution in [2.24, 2.45) is 11.3 Å². The molecule has 2 amide bonds. The number of nitrogens with zero attached hydrogens (tertiary/aromatic N) is 2. The zero-order chi connectivity index (χ0) is 25.7. The fraction of sp³-hybridized carbons (Fsp3) is 0.714. The first-order valence-electron chi connectivity index (χ1n) is 13.5. The molecule has 1 aromatic rings.